The highest BCUT2D eigenvalue weighted by atomic mass is 16.5. The van der Waals surface area contributed by atoms with E-state index in [0.717, 1.165) is 13.1 Å². The minimum Gasteiger partial charge on any atom is -0.380 e. The van der Waals surface area contributed by atoms with E-state index in [1.165, 1.54) is 25.9 Å². The quantitative estimate of drug-likeness (QED) is 0.604. The maximum atomic E-state index is 5.29. The molecule has 0 spiro atoms. The molecule has 0 radical (unpaired) electrons. The van der Waals surface area contributed by atoms with Crippen molar-refractivity contribution in [2.45, 2.75) is 18.9 Å². The van der Waals surface area contributed by atoms with Crippen molar-refractivity contribution >= 4 is 0 Å². The van der Waals surface area contributed by atoms with Crippen LogP contribution in [-0.2, 0) is 4.74 Å². The standard InChI is InChI=1S/C9H20N2O/c1-10-5-3-6-11-7-4-9(8-11)12-2/h9-10H,3-8H2,1-2H3. The Hall–Kier alpha value is -0.120. The Labute approximate surface area is 75.1 Å². The van der Waals surface area contributed by atoms with Crippen LogP contribution in [-0.4, -0.2) is 51.3 Å². The normalized spacial score (nSPS) is 25.0. The molecule has 1 N–H and O–H groups in total. The molecule has 72 valence electrons. The van der Waals surface area contributed by atoms with Crippen LogP contribution < -0.4 is 5.32 Å². The van der Waals surface area contributed by atoms with Crippen LogP contribution in [0, 0.1) is 0 Å². The number of ether oxygens (including phenoxy) is 1. The summed E-state index contributed by atoms with van der Waals surface area (Å²) in [5, 5.41) is 3.16. The molecule has 0 amide bonds. The predicted octanol–water partition coefficient (Wildman–Crippen LogP) is 0.317. The van der Waals surface area contributed by atoms with Crippen molar-refractivity contribution < 1.29 is 4.74 Å². The minimum atomic E-state index is 0.486. The Kier molecular flexibility index (Phi) is 4.58. The monoisotopic (exact) mass is 172 g/mol. The Morgan fingerprint density at radius 3 is 3.00 bits per heavy atom. The predicted molar refractivity (Wildman–Crippen MR) is 50.4 cm³/mol. The molecule has 0 saturated carbocycles. The van der Waals surface area contributed by atoms with Gasteiger partial charge in [0.25, 0.3) is 0 Å². The van der Waals surface area contributed by atoms with E-state index in [9.17, 15) is 0 Å². The average molecular weight is 172 g/mol. The maximum Gasteiger partial charge on any atom is 0.0710 e. The van der Waals surface area contributed by atoms with Gasteiger partial charge in [0, 0.05) is 20.2 Å². The molecule has 1 atom stereocenters. The van der Waals surface area contributed by atoms with Gasteiger partial charge in [-0.15, -0.1) is 0 Å². The van der Waals surface area contributed by atoms with E-state index in [4.69, 9.17) is 4.74 Å². The molecule has 1 aliphatic heterocycles. The van der Waals surface area contributed by atoms with Crippen LogP contribution >= 0.6 is 0 Å². The van der Waals surface area contributed by atoms with E-state index in [1.54, 1.807) is 0 Å². The van der Waals surface area contributed by atoms with Gasteiger partial charge < -0.3 is 15.0 Å². The zero-order chi connectivity index (χ0) is 8.81. The van der Waals surface area contributed by atoms with Gasteiger partial charge in [-0.2, -0.15) is 0 Å². The van der Waals surface area contributed by atoms with Gasteiger partial charge in [0.15, 0.2) is 0 Å². The lowest BCUT2D eigenvalue weighted by Crippen LogP contribution is -2.26. The van der Waals surface area contributed by atoms with Crippen LogP contribution in [0.15, 0.2) is 0 Å². The SMILES string of the molecule is CNCCCN1CCC(OC)C1. The highest BCUT2D eigenvalue weighted by Gasteiger charge is 2.20. The zero-order valence-electron chi connectivity index (χ0n) is 8.18. The molecule has 0 aromatic heterocycles. The Balaban J connectivity index is 2.03. The third-order valence-corrected chi connectivity index (χ3v) is 2.46. The van der Waals surface area contributed by atoms with Crippen molar-refractivity contribution in [1.82, 2.24) is 10.2 Å². The molecule has 0 aromatic rings. The summed E-state index contributed by atoms with van der Waals surface area (Å²) in [6.45, 7) is 4.66. The number of hydrogen-bond acceptors (Lipinski definition) is 3. The van der Waals surface area contributed by atoms with Crippen molar-refractivity contribution in [2.75, 3.05) is 40.3 Å². The summed E-state index contributed by atoms with van der Waals surface area (Å²) >= 11 is 0. The molecule has 1 fully saturated rings. The minimum absolute atomic E-state index is 0.486. The van der Waals surface area contributed by atoms with Gasteiger partial charge in [-0.3, -0.25) is 0 Å². The van der Waals surface area contributed by atoms with Crippen LogP contribution in [0.5, 0.6) is 0 Å². The van der Waals surface area contributed by atoms with Gasteiger partial charge in [-0.05, 0) is 33.0 Å². The number of nitrogens with one attached hydrogen (secondary N) is 1. The second-order valence-corrected chi connectivity index (χ2v) is 3.40. The first-order chi connectivity index (χ1) is 5.86. The van der Waals surface area contributed by atoms with Gasteiger partial charge in [0.2, 0.25) is 0 Å². The summed E-state index contributed by atoms with van der Waals surface area (Å²) in [5.74, 6) is 0. The number of rotatable bonds is 5. The largest absolute Gasteiger partial charge is 0.380 e. The fourth-order valence-electron chi connectivity index (χ4n) is 1.67. The van der Waals surface area contributed by atoms with Crippen molar-refractivity contribution in [3.63, 3.8) is 0 Å². The van der Waals surface area contributed by atoms with Crippen molar-refractivity contribution in [3.05, 3.63) is 0 Å². The number of methoxy groups -OCH3 is 1. The van der Waals surface area contributed by atoms with Gasteiger partial charge in [0.05, 0.1) is 6.10 Å². The Bertz CT molecular complexity index is 119. The lowest BCUT2D eigenvalue weighted by Gasteiger charge is -2.14. The highest BCUT2D eigenvalue weighted by Crippen LogP contribution is 2.11. The molecule has 0 aromatic carbocycles. The van der Waals surface area contributed by atoms with Crippen LogP contribution in [0.25, 0.3) is 0 Å². The first-order valence-corrected chi connectivity index (χ1v) is 4.76. The zero-order valence-corrected chi connectivity index (χ0v) is 8.18. The van der Waals surface area contributed by atoms with Gasteiger partial charge in [0.1, 0.15) is 0 Å². The summed E-state index contributed by atoms with van der Waals surface area (Å²) in [6.07, 6.45) is 2.93. The van der Waals surface area contributed by atoms with Crippen LogP contribution in [0.4, 0.5) is 0 Å². The number of likely N-dealkylation sites (tertiary alicyclic amines) is 1. The van der Waals surface area contributed by atoms with Crippen molar-refractivity contribution in [2.24, 2.45) is 0 Å². The molecule has 0 bridgehead atoms. The summed E-state index contributed by atoms with van der Waals surface area (Å²) < 4.78 is 5.29. The maximum absolute atomic E-state index is 5.29. The Morgan fingerprint density at radius 1 is 1.58 bits per heavy atom. The summed E-state index contributed by atoms with van der Waals surface area (Å²) in [5.41, 5.74) is 0. The van der Waals surface area contributed by atoms with E-state index in [0.29, 0.717) is 6.10 Å². The number of nitrogens with zero attached hydrogens (tertiary/aromatic N) is 1. The smallest absolute Gasteiger partial charge is 0.0710 e. The lowest BCUT2D eigenvalue weighted by atomic mass is 10.3. The third-order valence-electron chi connectivity index (χ3n) is 2.46. The Morgan fingerprint density at radius 2 is 2.42 bits per heavy atom. The topological polar surface area (TPSA) is 24.5 Å². The van der Waals surface area contributed by atoms with E-state index < -0.39 is 0 Å². The van der Waals surface area contributed by atoms with Gasteiger partial charge >= 0.3 is 0 Å². The average Bonchev–Trinajstić information content (AvgIpc) is 2.53. The first kappa shape index (κ1) is 9.96. The second kappa shape index (κ2) is 5.51. The van der Waals surface area contributed by atoms with Gasteiger partial charge in [-0.1, -0.05) is 0 Å². The molecule has 1 saturated heterocycles. The van der Waals surface area contributed by atoms with Gasteiger partial charge in [-0.25, -0.2) is 0 Å². The van der Waals surface area contributed by atoms with Crippen molar-refractivity contribution in [3.8, 4) is 0 Å². The molecular weight excluding hydrogens is 152 g/mol. The fraction of sp³-hybridized carbons (Fsp3) is 1.00. The van der Waals surface area contributed by atoms with Crippen LogP contribution in [0.1, 0.15) is 12.8 Å². The van der Waals surface area contributed by atoms with Crippen LogP contribution in [0.3, 0.4) is 0 Å². The molecule has 3 heteroatoms. The molecular formula is C9H20N2O. The third kappa shape index (κ3) is 3.09. The lowest BCUT2D eigenvalue weighted by molar-refractivity contribution is 0.108. The van der Waals surface area contributed by atoms with E-state index in [-0.39, 0.29) is 0 Å². The summed E-state index contributed by atoms with van der Waals surface area (Å²) in [6, 6.07) is 0. The second-order valence-electron chi connectivity index (χ2n) is 3.40. The fourth-order valence-corrected chi connectivity index (χ4v) is 1.67. The molecule has 1 heterocycles. The first-order valence-electron chi connectivity index (χ1n) is 4.76. The summed E-state index contributed by atoms with van der Waals surface area (Å²) in [7, 11) is 3.81. The van der Waals surface area contributed by atoms with Crippen LogP contribution in [0.2, 0.25) is 0 Å². The number of hydrogen-bond donors (Lipinski definition) is 1. The highest BCUT2D eigenvalue weighted by molar-refractivity contribution is 4.75. The van der Waals surface area contributed by atoms with E-state index in [2.05, 4.69) is 10.2 Å². The molecule has 0 aliphatic carbocycles. The van der Waals surface area contributed by atoms with Crippen molar-refractivity contribution in [1.29, 1.82) is 0 Å². The summed E-state index contributed by atoms with van der Waals surface area (Å²) in [4.78, 5) is 2.48. The molecule has 1 aliphatic rings. The molecule has 3 nitrogen and oxygen atoms in total. The van der Waals surface area contributed by atoms with E-state index >= 15 is 0 Å². The van der Waals surface area contributed by atoms with E-state index in [1.807, 2.05) is 14.2 Å². The molecule has 1 rings (SSSR count). The molecule has 12 heavy (non-hydrogen) atoms. The molecule has 1 unspecified atom stereocenters.